The summed E-state index contributed by atoms with van der Waals surface area (Å²) in [5, 5.41) is 11.0. The Labute approximate surface area is 128 Å². The van der Waals surface area contributed by atoms with Gasteiger partial charge in [0.1, 0.15) is 0 Å². The molecule has 1 aliphatic rings. The summed E-state index contributed by atoms with van der Waals surface area (Å²) in [6.07, 6.45) is 3.31. The first-order valence-electron chi connectivity index (χ1n) is 7.27. The van der Waals surface area contributed by atoms with Crippen molar-refractivity contribution >= 4 is 22.7 Å². The zero-order valence-electron chi connectivity index (χ0n) is 11.7. The van der Waals surface area contributed by atoms with Crippen LogP contribution in [-0.2, 0) is 19.6 Å². The zero-order chi connectivity index (χ0) is 14.2. The highest BCUT2D eigenvalue weighted by Crippen LogP contribution is 2.37. The molecule has 3 heteroatoms. The predicted molar refractivity (Wildman–Crippen MR) is 87.7 cm³/mol. The summed E-state index contributed by atoms with van der Waals surface area (Å²) in [6.45, 7) is 1.14. The van der Waals surface area contributed by atoms with Crippen LogP contribution in [0.1, 0.15) is 11.1 Å². The van der Waals surface area contributed by atoms with E-state index in [1.807, 2.05) is 17.8 Å². The van der Waals surface area contributed by atoms with E-state index in [0.717, 1.165) is 18.5 Å². The molecule has 1 N–H and O–H groups in total. The average molecular weight is 295 g/mol. The van der Waals surface area contributed by atoms with Crippen LogP contribution in [0.5, 0.6) is 0 Å². The van der Waals surface area contributed by atoms with Gasteiger partial charge in [-0.15, -0.1) is 11.8 Å². The lowest BCUT2D eigenvalue weighted by molar-refractivity contribution is 0.282. The van der Waals surface area contributed by atoms with E-state index < -0.39 is 0 Å². The molecule has 2 heterocycles. The fourth-order valence-corrected chi connectivity index (χ4v) is 4.40. The van der Waals surface area contributed by atoms with Crippen molar-refractivity contribution in [3.63, 3.8) is 0 Å². The van der Waals surface area contributed by atoms with Crippen molar-refractivity contribution in [1.29, 1.82) is 0 Å². The lowest BCUT2D eigenvalue weighted by atomic mass is 10.1. The molecule has 0 bridgehead atoms. The van der Waals surface area contributed by atoms with Crippen LogP contribution in [0.15, 0.2) is 59.6 Å². The van der Waals surface area contributed by atoms with E-state index in [2.05, 4.69) is 53.2 Å². The van der Waals surface area contributed by atoms with Crippen molar-refractivity contribution in [2.75, 3.05) is 0 Å². The van der Waals surface area contributed by atoms with Crippen LogP contribution in [-0.4, -0.2) is 14.9 Å². The number of nitrogens with zero attached hydrogens (tertiary/aromatic N) is 1. The number of aromatic nitrogens is 1. The quantitative estimate of drug-likeness (QED) is 0.794. The molecule has 4 rings (SSSR count). The highest BCUT2D eigenvalue weighted by Gasteiger charge is 2.22. The Morgan fingerprint density at radius 1 is 1.14 bits per heavy atom. The van der Waals surface area contributed by atoms with E-state index in [1.54, 1.807) is 0 Å². The third kappa shape index (κ3) is 2.37. The first-order valence-corrected chi connectivity index (χ1v) is 8.14. The monoisotopic (exact) mass is 295 g/mol. The fraction of sp³-hybridized carbons (Fsp3) is 0.222. The van der Waals surface area contributed by atoms with E-state index in [9.17, 15) is 5.11 Å². The molecule has 2 nitrogen and oxygen atoms in total. The summed E-state index contributed by atoms with van der Waals surface area (Å²) < 4.78 is 2.33. The molecule has 1 aromatic heterocycles. The van der Waals surface area contributed by atoms with Gasteiger partial charge in [-0.2, -0.15) is 0 Å². The van der Waals surface area contributed by atoms with Gasteiger partial charge in [-0.25, -0.2) is 0 Å². The van der Waals surface area contributed by atoms with Crippen molar-refractivity contribution in [3.05, 3.63) is 65.9 Å². The molecule has 0 amide bonds. The van der Waals surface area contributed by atoms with E-state index >= 15 is 0 Å². The molecule has 0 radical (unpaired) electrons. The van der Waals surface area contributed by atoms with Crippen molar-refractivity contribution in [1.82, 2.24) is 4.57 Å². The number of rotatable bonds is 3. The van der Waals surface area contributed by atoms with Crippen molar-refractivity contribution in [2.45, 2.75) is 29.7 Å². The zero-order valence-corrected chi connectivity index (χ0v) is 12.5. The smallest absolute Gasteiger partial charge is 0.0682 e. The molecule has 3 aromatic rings. The van der Waals surface area contributed by atoms with Gasteiger partial charge in [0.15, 0.2) is 0 Å². The topological polar surface area (TPSA) is 25.2 Å². The number of hydrogen-bond acceptors (Lipinski definition) is 2. The summed E-state index contributed by atoms with van der Waals surface area (Å²) in [5.41, 5.74) is 3.71. The normalized spacial score (nSPS) is 17.3. The second-order valence-corrected chi connectivity index (χ2v) is 6.91. The molecule has 0 spiro atoms. The number of benzene rings is 2. The Morgan fingerprint density at radius 2 is 2.05 bits per heavy atom. The van der Waals surface area contributed by atoms with Crippen LogP contribution in [0, 0.1) is 0 Å². The van der Waals surface area contributed by atoms with E-state index in [4.69, 9.17) is 0 Å². The minimum atomic E-state index is 0.106. The highest BCUT2D eigenvalue weighted by atomic mass is 32.2. The predicted octanol–water partition coefficient (Wildman–Crippen LogP) is 3.85. The Morgan fingerprint density at radius 3 is 2.90 bits per heavy atom. The van der Waals surface area contributed by atoms with E-state index in [1.165, 1.54) is 21.4 Å². The number of fused-ring (bicyclic) bond motifs is 2. The number of thioether (sulfide) groups is 1. The molecular weight excluding hydrogens is 278 g/mol. The molecule has 0 saturated heterocycles. The van der Waals surface area contributed by atoms with Crippen molar-refractivity contribution in [2.24, 2.45) is 0 Å². The minimum Gasteiger partial charge on any atom is -0.392 e. The third-order valence-corrected chi connectivity index (χ3v) is 5.43. The molecule has 0 fully saturated rings. The van der Waals surface area contributed by atoms with E-state index in [-0.39, 0.29) is 6.61 Å². The van der Waals surface area contributed by atoms with Gasteiger partial charge >= 0.3 is 0 Å². The molecule has 0 saturated carbocycles. The van der Waals surface area contributed by atoms with Crippen LogP contribution in [0.25, 0.3) is 10.9 Å². The van der Waals surface area contributed by atoms with Gasteiger partial charge in [0.05, 0.1) is 6.61 Å². The molecule has 106 valence electrons. The first kappa shape index (κ1) is 13.0. The average Bonchev–Trinajstić information content (AvgIpc) is 3.10. The number of hydrogen-bond donors (Lipinski definition) is 1. The summed E-state index contributed by atoms with van der Waals surface area (Å²) in [4.78, 5) is 1.43. The van der Waals surface area contributed by atoms with Crippen molar-refractivity contribution in [3.8, 4) is 0 Å². The molecule has 1 aliphatic heterocycles. The maximum Gasteiger partial charge on any atom is 0.0682 e. The van der Waals surface area contributed by atoms with Gasteiger partial charge in [0.25, 0.3) is 0 Å². The van der Waals surface area contributed by atoms with Crippen LogP contribution in [0.4, 0.5) is 0 Å². The van der Waals surface area contributed by atoms with Gasteiger partial charge in [0, 0.05) is 28.4 Å². The third-order valence-electron chi connectivity index (χ3n) is 4.13. The largest absolute Gasteiger partial charge is 0.392 e. The maximum absolute atomic E-state index is 9.22. The second kappa shape index (κ2) is 5.24. The molecule has 2 aromatic carbocycles. The van der Waals surface area contributed by atoms with Crippen LogP contribution in [0.2, 0.25) is 0 Å². The summed E-state index contributed by atoms with van der Waals surface area (Å²) in [5.74, 6) is 0. The molecule has 21 heavy (non-hydrogen) atoms. The number of aliphatic hydroxyl groups excluding tert-OH is 1. The Balaban J connectivity index is 1.59. The summed E-state index contributed by atoms with van der Waals surface area (Å²) in [6, 6.07) is 17.1. The molecule has 0 aliphatic carbocycles. The lowest BCUT2D eigenvalue weighted by Gasteiger charge is -2.11. The van der Waals surface area contributed by atoms with Gasteiger partial charge in [-0.3, -0.25) is 0 Å². The summed E-state index contributed by atoms with van der Waals surface area (Å²) >= 11 is 1.99. The SMILES string of the molecule is OCc1ccc2c(ccn2CC2Cc3ccccc3S2)c1. The lowest BCUT2D eigenvalue weighted by Crippen LogP contribution is -2.11. The standard InChI is InChI=1S/C18H17NOS/c20-12-13-5-6-17-14(9-13)7-8-19(17)11-16-10-15-3-1-2-4-18(15)21-16/h1-9,16,20H,10-12H2. The van der Waals surface area contributed by atoms with Crippen molar-refractivity contribution < 1.29 is 5.11 Å². The molecule has 1 unspecified atom stereocenters. The first-order chi connectivity index (χ1) is 10.3. The highest BCUT2D eigenvalue weighted by molar-refractivity contribution is 8.00. The van der Waals surface area contributed by atoms with Crippen LogP contribution in [0.3, 0.4) is 0 Å². The van der Waals surface area contributed by atoms with Gasteiger partial charge in [-0.1, -0.05) is 24.3 Å². The van der Waals surface area contributed by atoms with Crippen LogP contribution < -0.4 is 0 Å². The second-order valence-electron chi connectivity index (χ2n) is 5.57. The molecular formula is C18H17NOS. The summed E-state index contributed by atoms with van der Waals surface area (Å²) in [7, 11) is 0. The fourth-order valence-electron chi connectivity index (χ4n) is 3.08. The Kier molecular flexibility index (Phi) is 3.24. The maximum atomic E-state index is 9.22. The van der Waals surface area contributed by atoms with Gasteiger partial charge in [0.2, 0.25) is 0 Å². The number of aliphatic hydroxyl groups is 1. The van der Waals surface area contributed by atoms with Crippen LogP contribution >= 0.6 is 11.8 Å². The molecule has 1 atom stereocenters. The van der Waals surface area contributed by atoms with E-state index in [0.29, 0.717) is 5.25 Å². The minimum absolute atomic E-state index is 0.106. The van der Waals surface area contributed by atoms with Gasteiger partial charge in [-0.05, 0) is 47.2 Å². The Bertz CT molecular complexity index is 768. The Hall–Kier alpha value is -1.71. The van der Waals surface area contributed by atoms with Gasteiger partial charge < -0.3 is 9.67 Å².